The van der Waals surface area contributed by atoms with Gasteiger partial charge in [-0.1, -0.05) is 5.82 Å². The second-order valence-electron chi connectivity index (χ2n) is 2.74. The molecule has 0 aromatic carbocycles. The molecule has 64 valence electrons. The van der Waals surface area contributed by atoms with Crippen LogP contribution in [-0.2, 0) is 4.74 Å². The van der Waals surface area contributed by atoms with Gasteiger partial charge in [0.15, 0.2) is 0 Å². The number of rotatable bonds is 6. The lowest BCUT2D eigenvalue weighted by molar-refractivity contribution is 0.145. The van der Waals surface area contributed by atoms with Crippen molar-refractivity contribution < 1.29 is 9.84 Å². The Balaban J connectivity index is 3.49. The van der Waals surface area contributed by atoms with Crippen LogP contribution in [0.3, 0.4) is 0 Å². The number of hydrogen-bond acceptors (Lipinski definition) is 3. The van der Waals surface area contributed by atoms with Gasteiger partial charge < -0.3 is 15.6 Å². The summed E-state index contributed by atoms with van der Waals surface area (Å²) < 4.78 is 4.92. The highest BCUT2D eigenvalue weighted by Gasteiger charge is 2.09. The average molecular weight is 157 g/mol. The van der Waals surface area contributed by atoms with Gasteiger partial charge in [0, 0.05) is 13.7 Å². The highest BCUT2D eigenvalue weighted by atomic mass is 16.5. The number of hydrogen-bond donors (Lipinski definition) is 2. The quantitative estimate of drug-likeness (QED) is 0.513. The van der Waals surface area contributed by atoms with Crippen LogP contribution in [0.4, 0.5) is 0 Å². The van der Waals surface area contributed by atoms with Crippen LogP contribution in [0, 0.1) is 5.92 Å². The Morgan fingerprint density at radius 3 is 2.64 bits per heavy atom. The third-order valence-corrected chi connectivity index (χ3v) is 1.61. The van der Waals surface area contributed by atoms with Crippen molar-refractivity contribution in [3.63, 3.8) is 0 Å². The highest BCUT2D eigenvalue weighted by Crippen LogP contribution is 2.12. The van der Waals surface area contributed by atoms with Crippen molar-refractivity contribution >= 4 is 7.85 Å². The van der Waals surface area contributed by atoms with Crippen molar-refractivity contribution in [3.8, 4) is 0 Å². The normalized spacial score (nSPS) is 16.3. The third-order valence-electron chi connectivity index (χ3n) is 1.61. The fraction of sp³-hybridized carbons (Fsp3) is 1.00. The summed E-state index contributed by atoms with van der Waals surface area (Å²) in [6.45, 7) is 1.19. The molecule has 2 atom stereocenters. The monoisotopic (exact) mass is 157 g/mol. The Bertz CT molecular complexity index is 92.5. The van der Waals surface area contributed by atoms with E-state index in [1.807, 2.05) is 0 Å². The molecule has 0 rings (SSSR count). The zero-order chi connectivity index (χ0) is 8.69. The molecule has 0 aliphatic rings. The molecule has 3 N–H and O–H groups in total. The van der Waals surface area contributed by atoms with Crippen LogP contribution in [0.2, 0.25) is 5.82 Å². The molecule has 4 heteroatoms. The Labute approximate surface area is 69.3 Å². The van der Waals surface area contributed by atoms with Crippen LogP contribution in [-0.4, -0.2) is 39.8 Å². The molecule has 0 saturated carbocycles. The SMILES string of the molecule is [B]C(CO)CC(CN)COC. The second kappa shape index (κ2) is 6.64. The molecule has 0 amide bonds. The van der Waals surface area contributed by atoms with Crippen molar-refractivity contribution in [2.24, 2.45) is 11.7 Å². The van der Waals surface area contributed by atoms with Gasteiger partial charge >= 0.3 is 0 Å². The predicted molar refractivity (Wildman–Crippen MR) is 45.6 cm³/mol. The van der Waals surface area contributed by atoms with E-state index in [9.17, 15) is 0 Å². The predicted octanol–water partition coefficient (Wildman–Crippen LogP) is -0.453. The number of aliphatic hydroxyl groups is 1. The number of nitrogens with two attached hydrogens (primary N) is 1. The number of ether oxygens (including phenoxy) is 1. The first-order valence-electron chi connectivity index (χ1n) is 3.80. The molecule has 3 nitrogen and oxygen atoms in total. The van der Waals surface area contributed by atoms with E-state index in [0.29, 0.717) is 13.2 Å². The summed E-state index contributed by atoms with van der Waals surface area (Å²) in [5, 5.41) is 8.64. The van der Waals surface area contributed by atoms with Crippen molar-refractivity contribution in [1.82, 2.24) is 0 Å². The molecule has 0 aliphatic heterocycles. The fourth-order valence-electron chi connectivity index (χ4n) is 0.971. The first kappa shape index (κ1) is 10.9. The maximum Gasteiger partial charge on any atom is 0.0730 e. The molecular formula is C7H16BNO2. The zero-order valence-electron chi connectivity index (χ0n) is 6.99. The summed E-state index contributed by atoms with van der Waals surface area (Å²) in [6, 6.07) is 0. The first-order chi connectivity index (χ1) is 5.24. The fourth-order valence-corrected chi connectivity index (χ4v) is 0.971. The summed E-state index contributed by atoms with van der Waals surface area (Å²) in [5.74, 6) is 0.0980. The van der Waals surface area contributed by atoms with Crippen LogP contribution in [0.5, 0.6) is 0 Å². The molecule has 0 heterocycles. The van der Waals surface area contributed by atoms with E-state index < -0.39 is 0 Å². The minimum Gasteiger partial charge on any atom is -0.397 e. The smallest absolute Gasteiger partial charge is 0.0730 e. The molecule has 11 heavy (non-hydrogen) atoms. The van der Waals surface area contributed by atoms with E-state index in [1.54, 1.807) is 7.11 Å². The lowest BCUT2D eigenvalue weighted by Gasteiger charge is -2.16. The van der Waals surface area contributed by atoms with E-state index in [1.165, 1.54) is 0 Å². The highest BCUT2D eigenvalue weighted by molar-refractivity contribution is 6.11. The van der Waals surface area contributed by atoms with Crippen molar-refractivity contribution in [3.05, 3.63) is 0 Å². The second-order valence-corrected chi connectivity index (χ2v) is 2.74. The Hall–Kier alpha value is -0.0551. The standard InChI is InChI=1S/C7H16BNO2/c1-11-5-6(3-9)2-7(8)4-10/h6-7,10H,2-5,9H2,1H3. The minimum absolute atomic E-state index is 0.0141. The van der Waals surface area contributed by atoms with E-state index in [-0.39, 0.29) is 18.3 Å². The van der Waals surface area contributed by atoms with Crippen molar-refractivity contribution in [2.45, 2.75) is 12.2 Å². The van der Waals surface area contributed by atoms with E-state index in [0.717, 1.165) is 6.42 Å². The lowest BCUT2D eigenvalue weighted by Crippen LogP contribution is -2.21. The summed E-state index contributed by atoms with van der Waals surface area (Å²) in [5.41, 5.74) is 5.44. The minimum atomic E-state index is -0.168. The summed E-state index contributed by atoms with van der Waals surface area (Å²) in [4.78, 5) is 0. The van der Waals surface area contributed by atoms with Gasteiger partial charge in [-0.2, -0.15) is 0 Å². The zero-order valence-corrected chi connectivity index (χ0v) is 6.99. The molecule has 0 spiro atoms. The summed E-state index contributed by atoms with van der Waals surface area (Å²) >= 11 is 0. The maximum absolute atomic E-state index is 8.64. The molecule has 0 saturated heterocycles. The number of aliphatic hydroxyl groups excluding tert-OH is 1. The Kier molecular flexibility index (Phi) is 6.61. The molecule has 0 fully saturated rings. The van der Waals surface area contributed by atoms with Gasteiger partial charge in [0.1, 0.15) is 0 Å². The van der Waals surface area contributed by atoms with Crippen LogP contribution in [0.25, 0.3) is 0 Å². The first-order valence-corrected chi connectivity index (χ1v) is 3.80. The largest absolute Gasteiger partial charge is 0.397 e. The lowest BCUT2D eigenvalue weighted by atomic mass is 9.81. The van der Waals surface area contributed by atoms with Gasteiger partial charge in [0.25, 0.3) is 0 Å². The van der Waals surface area contributed by atoms with Gasteiger partial charge in [-0.25, -0.2) is 0 Å². The van der Waals surface area contributed by atoms with Gasteiger partial charge in [-0.3, -0.25) is 0 Å². The van der Waals surface area contributed by atoms with Gasteiger partial charge in [-0.05, 0) is 18.9 Å². The average Bonchev–Trinajstić information content (AvgIpc) is 2.03. The van der Waals surface area contributed by atoms with Gasteiger partial charge in [0.2, 0.25) is 0 Å². The van der Waals surface area contributed by atoms with E-state index in [4.69, 9.17) is 23.4 Å². The molecule has 0 aromatic heterocycles. The van der Waals surface area contributed by atoms with Crippen LogP contribution in [0.15, 0.2) is 0 Å². The van der Waals surface area contributed by atoms with Gasteiger partial charge in [0.05, 0.1) is 14.5 Å². The van der Waals surface area contributed by atoms with Crippen molar-refractivity contribution in [1.29, 1.82) is 0 Å². The van der Waals surface area contributed by atoms with E-state index in [2.05, 4.69) is 0 Å². The summed E-state index contributed by atoms with van der Waals surface area (Å²) in [7, 11) is 7.15. The Morgan fingerprint density at radius 2 is 2.27 bits per heavy atom. The molecule has 2 unspecified atom stereocenters. The summed E-state index contributed by atoms with van der Waals surface area (Å²) in [6.07, 6.45) is 0.723. The van der Waals surface area contributed by atoms with Crippen LogP contribution in [0.1, 0.15) is 6.42 Å². The van der Waals surface area contributed by atoms with Crippen LogP contribution < -0.4 is 5.73 Å². The van der Waals surface area contributed by atoms with Gasteiger partial charge in [-0.15, -0.1) is 0 Å². The van der Waals surface area contributed by atoms with Crippen molar-refractivity contribution in [2.75, 3.05) is 26.9 Å². The maximum atomic E-state index is 8.64. The molecule has 0 aliphatic carbocycles. The molecule has 2 radical (unpaired) electrons. The molecule has 0 aromatic rings. The number of methoxy groups -OCH3 is 1. The van der Waals surface area contributed by atoms with E-state index >= 15 is 0 Å². The topological polar surface area (TPSA) is 55.5 Å². The third kappa shape index (κ3) is 5.24. The molecular weight excluding hydrogens is 141 g/mol. The molecule has 0 bridgehead atoms. The van der Waals surface area contributed by atoms with Crippen LogP contribution >= 0.6 is 0 Å². The Morgan fingerprint density at radius 1 is 1.64 bits per heavy atom.